The van der Waals surface area contributed by atoms with Crippen LogP contribution in [0.2, 0.25) is 0 Å². The van der Waals surface area contributed by atoms with Crippen molar-refractivity contribution in [3.63, 3.8) is 0 Å². The molecule has 0 atom stereocenters. The standard InChI is InChI=1S/C18H14BrN3O3S/c1-11-3-2-4-14(20-11)9-15-17(24)22(18(25)26-15)10-16(23)21-13-7-5-12(19)6-8-13/h2-9H,10H2,1H3,(H,21,23)/b15-9+. The summed E-state index contributed by atoms with van der Waals surface area (Å²) < 4.78 is 0.885. The molecule has 1 aliphatic heterocycles. The lowest BCUT2D eigenvalue weighted by molar-refractivity contribution is -0.127. The molecular weight excluding hydrogens is 418 g/mol. The van der Waals surface area contributed by atoms with Crippen LogP contribution in [0.4, 0.5) is 10.5 Å². The van der Waals surface area contributed by atoms with Gasteiger partial charge in [-0.2, -0.15) is 0 Å². The third-order valence-corrected chi connectivity index (χ3v) is 4.93. The molecule has 1 N–H and O–H groups in total. The van der Waals surface area contributed by atoms with E-state index in [1.165, 1.54) is 0 Å². The second-order valence-corrected chi connectivity index (χ2v) is 7.44. The van der Waals surface area contributed by atoms with Gasteiger partial charge in [0.15, 0.2) is 0 Å². The summed E-state index contributed by atoms with van der Waals surface area (Å²) in [5.74, 6) is -0.932. The minimum Gasteiger partial charge on any atom is -0.325 e. The lowest BCUT2D eigenvalue weighted by Gasteiger charge is -2.12. The Morgan fingerprint density at radius 3 is 2.65 bits per heavy atom. The fourth-order valence-corrected chi connectivity index (χ4v) is 3.38. The number of halogens is 1. The topological polar surface area (TPSA) is 79.4 Å². The van der Waals surface area contributed by atoms with Gasteiger partial charge in [0, 0.05) is 15.9 Å². The van der Waals surface area contributed by atoms with Crippen LogP contribution in [0.1, 0.15) is 11.4 Å². The van der Waals surface area contributed by atoms with E-state index in [2.05, 4.69) is 26.2 Å². The van der Waals surface area contributed by atoms with Gasteiger partial charge in [0.2, 0.25) is 5.91 Å². The quantitative estimate of drug-likeness (QED) is 0.744. The van der Waals surface area contributed by atoms with Crippen LogP contribution in [0.5, 0.6) is 0 Å². The van der Waals surface area contributed by atoms with E-state index >= 15 is 0 Å². The highest BCUT2D eigenvalue weighted by atomic mass is 79.9. The summed E-state index contributed by atoms with van der Waals surface area (Å²) >= 11 is 4.12. The van der Waals surface area contributed by atoms with Crippen LogP contribution < -0.4 is 5.32 Å². The number of aromatic nitrogens is 1. The van der Waals surface area contributed by atoms with Crippen molar-refractivity contribution in [1.82, 2.24) is 9.88 Å². The number of imide groups is 1. The van der Waals surface area contributed by atoms with Crippen LogP contribution in [0.25, 0.3) is 6.08 Å². The van der Waals surface area contributed by atoms with E-state index in [4.69, 9.17) is 0 Å². The fourth-order valence-electron chi connectivity index (χ4n) is 2.29. The number of pyridine rings is 1. The van der Waals surface area contributed by atoms with Crippen molar-refractivity contribution in [2.45, 2.75) is 6.92 Å². The lowest BCUT2D eigenvalue weighted by atomic mass is 10.3. The van der Waals surface area contributed by atoms with Crippen molar-refractivity contribution >= 4 is 56.5 Å². The van der Waals surface area contributed by atoms with E-state index in [0.29, 0.717) is 11.4 Å². The average molecular weight is 432 g/mol. The molecule has 1 aromatic heterocycles. The highest BCUT2D eigenvalue weighted by Crippen LogP contribution is 2.31. The first-order chi connectivity index (χ1) is 12.4. The molecule has 0 saturated carbocycles. The van der Waals surface area contributed by atoms with Gasteiger partial charge in [-0.1, -0.05) is 22.0 Å². The number of nitrogens with zero attached hydrogens (tertiary/aromatic N) is 2. The first-order valence-electron chi connectivity index (χ1n) is 7.67. The molecule has 1 fully saturated rings. The normalized spacial score (nSPS) is 15.6. The fraction of sp³-hybridized carbons (Fsp3) is 0.111. The molecule has 3 amide bonds. The summed E-state index contributed by atoms with van der Waals surface area (Å²) in [5.41, 5.74) is 1.99. The molecule has 0 aliphatic carbocycles. The summed E-state index contributed by atoms with van der Waals surface area (Å²) in [7, 11) is 0. The summed E-state index contributed by atoms with van der Waals surface area (Å²) in [6, 6.07) is 12.4. The number of amides is 3. The first kappa shape index (κ1) is 18.3. The maximum atomic E-state index is 12.4. The van der Waals surface area contributed by atoms with Crippen LogP contribution >= 0.6 is 27.7 Å². The Balaban J connectivity index is 1.69. The van der Waals surface area contributed by atoms with Crippen molar-refractivity contribution in [3.8, 4) is 0 Å². The van der Waals surface area contributed by atoms with E-state index in [-0.39, 0.29) is 11.4 Å². The van der Waals surface area contributed by atoms with E-state index < -0.39 is 17.1 Å². The number of thioether (sulfide) groups is 1. The number of hydrogen-bond acceptors (Lipinski definition) is 5. The number of nitrogens with one attached hydrogen (secondary N) is 1. The van der Waals surface area contributed by atoms with Gasteiger partial charge in [-0.25, -0.2) is 0 Å². The maximum Gasteiger partial charge on any atom is 0.294 e. The Morgan fingerprint density at radius 2 is 1.96 bits per heavy atom. The molecule has 26 heavy (non-hydrogen) atoms. The van der Waals surface area contributed by atoms with Crippen LogP contribution in [0.3, 0.4) is 0 Å². The van der Waals surface area contributed by atoms with Gasteiger partial charge < -0.3 is 5.32 Å². The zero-order chi connectivity index (χ0) is 18.7. The molecular formula is C18H14BrN3O3S. The molecule has 0 radical (unpaired) electrons. The zero-order valence-corrected chi connectivity index (χ0v) is 16.1. The summed E-state index contributed by atoms with van der Waals surface area (Å²) in [6.45, 7) is 1.51. The summed E-state index contributed by atoms with van der Waals surface area (Å²) in [5, 5.41) is 2.19. The first-order valence-corrected chi connectivity index (χ1v) is 9.28. The van der Waals surface area contributed by atoms with Crippen molar-refractivity contribution in [3.05, 3.63) is 63.2 Å². The predicted molar refractivity (Wildman–Crippen MR) is 104 cm³/mol. The number of benzene rings is 1. The molecule has 0 unspecified atom stereocenters. The SMILES string of the molecule is Cc1cccc(/C=C2/SC(=O)N(CC(=O)Nc3ccc(Br)cc3)C2=O)n1. The van der Waals surface area contributed by atoms with Gasteiger partial charge in [-0.15, -0.1) is 0 Å². The number of carbonyl (C=O) groups is 3. The Morgan fingerprint density at radius 1 is 1.23 bits per heavy atom. The molecule has 8 heteroatoms. The van der Waals surface area contributed by atoms with Gasteiger partial charge in [0.25, 0.3) is 11.1 Å². The van der Waals surface area contributed by atoms with Gasteiger partial charge in [-0.3, -0.25) is 24.3 Å². The highest BCUT2D eigenvalue weighted by molar-refractivity contribution is 9.10. The number of hydrogen-bond donors (Lipinski definition) is 1. The van der Waals surface area contributed by atoms with Gasteiger partial charge in [-0.05, 0) is 61.2 Å². The Bertz CT molecular complexity index is 912. The summed E-state index contributed by atoms with van der Waals surface area (Å²) in [6.07, 6.45) is 1.56. The van der Waals surface area contributed by atoms with Crippen molar-refractivity contribution < 1.29 is 14.4 Å². The van der Waals surface area contributed by atoms with Gasteiger partial charge >= 0.3 is 0 Å². The predicted octanol–water partition coefficient (Wildman–Crippen LogP) is 3.83. The van der Waals surface area contributed by atoms with Gasteiger partial charge in [0.05, 0.1) is 10.6 Å². The molecule has 132 valence electrons. The second-order valence-electron chi connectivity index (χ2n) is 5.53. The molecule has 2 aromatic rings. The maximum absolute atomic E-state index is 12.4. The molecule has 6 nitrogen and oxygen atoms in total. The van der Waals surface area contributed by atoms with Crippen LogP contribution in [0, 0.1) is 6.92 Å². The molecule has 0 bridgehead atoms. The lowest BCUT2D eigenvalue weighted by Crippen LogP contribution is -2.36. The molecule has 3 rings (SSSR count). The average Bonchev–Trinajstić information content (AvgIpc) is 2.84. The Kier molecular flexibility index (Phi) is 5.53. The van der Waals surface area contributed by atoms with Crippen molar-refractivity contribution in [2.75, 3.05) is 11.9 Å². The minimum absolute atomic E-state index is 0.254. The smallest absolute Gasteiger partial charge is 0.294 e. The summed E-state index contributed by atoms with van der Waals surface area (Å²) in [4.78, 5) is 42.2. The third kappa shape index (κ3) is 4.39. The number of rotatable bonds is 4. The molecule has 0 spiro atoms. The molecule has 1 saturated heterocycles. The third-order valence-electron chi connectivity index (χ3n) is 3.49. The van der Waals surface area contributed by atoms with Crippen LogP contribution in [-0.2, 0) is 9.59 Å². The number of carbonyl (C=O) groups excluding carboxylic acids is 3. The van der Waals surface area contributed by atoms with Crippen molar-refractivity contribution in [2.24, 2.45) is 0 Å². The second kappa shape index (κ2) is 7.84. The van der Waals surface area contributed by atoms with E-state index in [0.717, 1.165) is 26.8 Å². The van der Waals surface area contributed by atoms with Crippen LogP contribution in [-0.4, -0.2) is 33.5 Å². The van der Waals surface area contributed by atoms with Crippen LogP contribution in [0.15, 0.2) is 51.8 Å². The monoisotopic (exact) mass is 431 g/mol. The minimum atomic E-state index is -0.491. The Hall–Kier alpha value is -2.45. The number of anilines is 1. The van der Waals surface area contributed by atoms with E-state index in [9.17, 15) is 14.4 Å². The van der Waals surface area contributed by atoms with E-state index in [1.807, 2.05) is 19.1 Å². The van der Waals surface area contributed by atoms with Crippen molar-refractivity contribution in [1.29, 1.82) is 0 Å². The highest BCUT2D eigenvalue weighted by Gasteiger charge is 2.36. The largest absolute Gasteiger partial charge is 0.325 e. The number of aryl methyl sites for hydroxylation is 1. The zero-order valence-electron chi connectivity index (χ0n) is 13.7. The molecule has 1 aliphatic rings. The molecule has 1 aromatic carbocycles. The van der Waals surface area contributed by atoms with Gasteiger partial charge in [0.1, 0.15) is 6.54 Å². The van der Waals surface area contributed by atoms with E-state index in [1.54, 1.807) is 36.4 Å². The molecule has 2 heterocycles. The Labute approximate surface area is 162 Å².